The Hall–Kier alpha value is -1.64. The van der Waals surface area contributed by atoms with Crippen LogP contribution < -0.4 is 11.1 Å². The Labute approximate surface area is 117 Å². The first-order valence-electron chi connectivity index (χ1n) is 4.98. The Morgan fingerprint density at radius 1 is 1.33 bits per heavy atom. The minimum Gasteiger partial charge on any atom is -0.480 e. The number of carboxylic acid groups (broad SMARTS) is 1. The highest BCUT2D eigenvalue weighted by Gasteiger charge is 2.23. The number of nitrogens with one attached hydrogen (secondary N) is 1. The summed E-state index contributed by atoms with van der Waals surface area (Å²) in [5, 5.41) is 11.1. The lowest BCUT2D eigenvalue weighted by Crippen LogP contribution is -2.43. The number of hydrogen-bond donors (Lipinski definition) is 3. The lowest BCUT2D eigenvalue weighted by atomic mass is 10.1. The average Bonchev–Trinajstić information content (AvgIpc) is 2.27. The molecule has 6 nitrogen and oxygen atoms in total. The van der Waals surface area contributed by atoms with E-state index in [0.29, 0.717) is 9.13 Å². The van der Waals surface area contributed by atoms with Crippen LogP contribution in [-0.2, 0) is 9.59 Å². The van der Waals surface area contributed by atoms with Crippen LogP contribution in [0.5, 0.6) is 0 Å². The van der Waals surface area contributed by atoms with Crippen molar-refractivity contribution >= 4 is 40.4 Å². The van der Waals surface area contributed by atoms with Gasteiger partial charge < -0.3 is 16.2 Å². The molecule has 7 heteroatoms. The van der Waals surface area contributed by atoms with Crippen molar-refractivity contribution in [1.82, 2.24) is 5.32 Å². The monoisotopic (exact) mass is 362 g/mol. The van der Waals surface area contributed by atoms with Gasteiger partial charge in [-0.2, -0.15) is 0 Å². The summed E-state index contributed by atoms with van der Waals surface area (Å²) >= 11 is 1.97. The van der Waals surface area contributed by atoms with E-state index in [9.17, 15) is 14.4 Å². The van der Waals surface area contributed by atoms with Gasteiger partial charge in [0.25, 0.3) is 5.91 Å². The zero-order valence-electron chi connectivity index (χ0n) is 9.22. The summed E-state index contributed by atoms with van der Waals surface area (Å²) in [7, 11) is 0. The maximum absolute atomic E-state index is 11.8. The highest BCUT2D eigenvalue weighted by molar-refractivity contribution is 14.1. The fourth-order valence-electron chi connectivity index (χ4n) is 1.28. The highest BCUT2D eigenvalue weighted by Crippen LogP contribution is 2.11. The number of rotatable bonds is 5. The zero-order chi connectivity index (χ0) is 13.7. The van der Waals surface area contributed by atoms with Gasteiger partial charge in [-0.1, -0.05) is 12.1 Å². The second-order valence-electron chi connectivity index (χ2n) is 3.51. The van der Waals surface area contributed by atoms with Gasteiger partial charge in [-0.3, -0.25) is 9.59 Å². The smallest absolute Gasteiger partial charge is 0.326 e. The van der Waals surface area contributed by atoms with Crippen molar-refractivity contribution in [1.29, 1.82) is 0 Å². The van der Waals surface area contributed by atoms with Crippen LogP contribution in [0.4, 0.5) is 0 Å². The number of primary amides is 1. The Morgan fingerprint density at radius 3 is 2.44 bits per heavy atom. The van der Waals surface area contributed by atoms with E-state index in [1.54, 1.807) is 24.3 Å². The van der Waals surface area contributed by atoms with Gasteiger partial charge in [-0.05, 0) is 34.7 Å². The molecule has 2 amide bonds. The molecular weight excluding hydrogens is 351 g/mol. The summed E-state index contributed by atoms with van der Waals surface area (Å²) in [4.78, 5) is 33.4. The van der Waals surface area contributed by atoms with E-state index in [2.05, 4.69) is 5.32 Å². The van der Waals surface area contributed by atoms with Crippen molar-refractivity contribution in [3.05, 3.63) is 33.4 Å². The van der Waals surface area contributed by atoms with E-state index in [-0.39, 0.29) is 0 Å². The number of amides is 2. The molecular formula is C11H11IN2O4. The summed E-state index contributed by atoms with van der Waals surface area (Å²) in [6.45, 7) is 0. The largest absolute Gasteiger partial charge is 0.480 e. The fraction of sp³-hybridized carbons (Fsp3) is 0.182. The van der Waals surface area contributed by atoms with Crippen molar-refractivity contribution in [2.24, 2.45) is 5.73 Å². The van der Waals surface area contributed by atoms with Gasteiger partial charge in [0, 0.05) is 3.57 Å². The first-order valence-corrected chi connectivity index (χ1v) is 6.06. The maximum Gasteiger partial charge on any atom is 0.326 e. The SMILES string of the molecule is NC(=O)C[C@@H](NC(=O)c1ccccc1I)C(=O)O. The number of halogens is 1. The third-order valence-electron chi connectivity index (χ3n) is 2.13. The molecule has 1 rings (SSSR count). The highest BCUT2D eigenvalue weighted by atomic mass is 127. The van der Waals surface area contributed by atoms with E-state index in [1.165, 1.54) is 0 Å². The third-order valence-corrected chi connectivity index (χ3v) is 3.07. The summed E-state index contributed by atoms with van der Waals surface area (Å²) in [6.07, 6.45) is -0.440. The molecule has 0 aliphatic rings. The Bertz CT molecular complexity index is 490. The number of aliphatic carboxylic acids is 1. The Kier molecular flexibility index (Phi) is 5.08. The topological polar surface area (TPSA) is 109 Å². The number of carbonyl (C=O) groups excluding carboxylic acids is 2. The van der Waals surface area contributed by atoms with Crippen LogP contribution in [0, 0.1) is 3.57 Å². The minimum absolute atomic E-state index is 0.355. The maximum atomic E-state index is 11.8. The van der Waals surface area contributed by atoms with Crippen LogP contribution in [0.3, 0.4) is 0 Å². The number of carbonyl (C=O) groups is 3. The van der Waals surface area contributed by atoms with Crippen LogP contribution in [0.2, 0.25) is 0 Å². The third kappa shape index (κ3) is 3.99. The summed E-state index contributed by atoms with van der Waals surface area (Å²) in [5.41, 5.74) is 5.28. The molecule has 1 aromatic rings. The van der Waals surface area contributed by atoms with E-state index in [0.717, 1.165) is 0 Å². The van der Waals surface area contributed by atoms with Crippen LogP contribution in [0.15, 0.2) is 24.3 Å². The normalized spacial score (nSPS) is 11.6. The lowest BCUT2D eigenvalue weighted by molar-refractivity contribution is -0.140. The molecule has 96 valence electrons. The molecule has 0 unspecified atom stereocenters. The molecule has 0 saturated carbocycles. The molecule has 0 bridgehead atoms. The van der Waals surface area contributed by atoms with Gasteiger partial charge in [0.05, 0.1) is 12.0 Å². The predicted molar refractivity (Wildman–Crippen MR) is 71.9 cm³/mol. The molecule has 0 aliphatic carbocycles. The van der Waals surface area contributed by atoms with Gasteiger partial charge in [0.1, 0.15) is 6.04 Å². The quantitative estimate of drug-likeness (QED) is 0.657. The minimum atomic E-state index is -1.31. The standard InChI is InChI=1S/C11H11IN2O4/c12-7-4-2-1-3-6(7)10(16)14-8(11(17)18)5-9(13)15/h1-4,8H,5H2,(H2,13,15)(H,14,16)(H,17,18)/t8-/m1/s1. The van der Waals surface area contributed by atoms with Gasteiger partial charge in [-0.25, -0.2) is 4.79 Å². The number of nitrogens with two attached hydrogens (primary N) is 1. The number of benzene rings is 1. The first kappa shape index (κ1) is 14.4. The summed E-state index contributed by atoms with van der Waals surface area (Å²) < 4.78 is 0.691. The van der Waals surface area contributed by atoms with Crippen molar-refractivity contribution in [2.75, 3.05) is 0 Å². The first-order chi connectivity index (χ1) is 8.41. The summed E-state index contributed by atoms with van der Waals surface area (Å²) in [6, 6.07) is 5.41. The van der Waals surface area contributed by atoms with Gasteiger partial charge in [0.15, 0.2) is 0 Å². The van der Waals surface area contributed by atoms with Gasteiger partial charge >= 0.3 is 5.97 Å². The van der Waals surface area contributed by atoms with Crippen LogP contribution in [0.1, 0.15) is 16.8 Å². The second-order valence-corrected chi connectivity index (χ2v) is 4.68. The molecule has 0 radical (unpaired) electrons. The predicted octanol–water partition coefficient (Wildman–Crippen LogP) is 0.350. The van der Waals surface area contributed by atoms with E-state index >= 15 is 0 Å². The van der Waals surface area contributed by atoms with Crippen molar-refractivity contribution in [3.63, 3.8) is 0 Å². The molecule has 1 atom stereocenters. The molecule has 0 aliphatic heterocycles. The molecule has 0 spiro atoms. The van der Waals surface area contributed by atoms with Crippen molar-refractivity contribution < 1.29 is 19.5 Å². The van der Waals surface area contributed by atoms with Crippen LogP contribution in [0.25, 0.3) is 0 Å². The second kappa shape index (κ2) is 6.34. The Morgan fingerprint density at radius 2 is 1.94 bits per heavy atom. The van der Waals surface area contributed by atoms with Crippen molar-refractivity contribution in [3.8, 4) is 0 Å². The van der Waals surface area contributed by atoms with Crippen molar-refractivity contribution in [2.45, 2.75) is 12.5 Å². The van der Waals surface area contributed by atoms with Gasteiger partial charge in [-0.15, -0.1) is 0 Å². The fourth-order valence-corrected chi connectivity index (χ4v) is 1.91. The molecule has 0 fully saturated rings. The van der Waals surface area contributed by atoms with E-state index in [1.807, 2.05) is 22.6 Å². The van der Waals surface area contributed by atoms with Crippen LogP contribution in [-0.4, -0.2) is 28.9 Å². The molecule has 0 aromatic heterocycles. The van der Waals surface area contributed by atoms with E-state index in [4.69, 9.17) is 10.8 Å². The van der Waals surface area contributed by atoms with Gasteiger partial charge in [0.2, 0.25) is 5.91 Å². The average molecular weight is 362 g/mol. The number of carboxylic acids is 1. The molecule has 0 heterocycles. The molecule has 1 aromatic carbocycles. The van der Waals surface area contributed by atoms with Crippen LogP contribution >= 0.6 is 22.6 Å². The summed E-state index contributed by atoms with van der Waals surface area (Å²) in [5.74, 6) is -2.63. The Balaban J connectivity index is 2.82. The molecule has 18 heavy (non-hydrogen) atoms. The number of hydrogen-bond acceptors (Lipinski definition) is 3. The zero-order valence-corrected chi connectivity index (χ0v) is 11.4. The lowest BCUT2D eigenvalue weighted by Gasteiger charge is -2.13. The molecule has 4 N–H and O–H groups in total. The molecule has 0 saturated heterocycles. The van der Waals surface area contributed by atoms with E-state index < -0.39 is 30.2 Å².